The minimum atomic E-state index is -0.184. The Morgan fingerprint density at radius 2 is 1.78 bits per heavy atom. The summed E-state index contributed by atoms with van der Waals surface area (Å²) in [5.41, 5.74) is 5.67. The van der Waals surface area contributed by atoms with Crippen molar-refractivity contribution in [2.24, 2.45) is 5.73 Å². The highest BCUT2D eigenvalue weighted by atomic mass is 16.5. The van der Waals surface area contributed by atoms with E-state index in [0.29, 0.717) is 17.3 Å². The molecule has 0 amide bonds. The van der Waals surface area contributed by atoms with Gasteiger partial charge in [0.1, 0.15) is 17.3 Å². The molecule has 5 nitrogen and oxygen atoms in total. The van der Waals surface area contributed by atoms with Gasteiger partial charge < -0.3 is 15.2 Å². The van der Waals surface area contributed by atoms with Crippen LogP contribution in [-0.4, -0.2) is 17.1 Å². The molecule has 1 atom stereocenters. The van der Waals surface area contributed by atoms with Crippen molar-refractivity contribution in [3.05, 3.63) is 42.5 Å². The largest absolute Gasteiger partial charge is 0.497 e. The summed E-state index contributed by atoms with van der Waals surface area (Å²) in [4.78, 5) is 8.25. The fraction of sp³-hybridized carbons (Fsp3) is 0.231. The SMILES string of the molecule is COc1cccc(Oc2cnc(C(C)N)nc2)c1. The molecule has 2 aromatic rings. The van der Waals surface area contributed by atoms with Gasteiger partial charge in [-0.25, -0.2) is 9.97 Å². The second kappa shape index (κ2) is 5.46. The summed E-state index contributed by atoms with van der Waals surface area (Å²) in [7, 11) is 1.61. The molecule has 2 N–H and O–H groups in total. The molecule has 1 aromatic carbocycles. The fourth-order valence-corrected chi connectivity index (χ4v) is 1.41. The lowest BCUT2D eigenvalue weighted by Crippen LogP contribution is -2.09. The Kier molecular flexibility index (Phi) is 3.74. The van der Waals surface area contributed by atoms with Crippen LogP contribution in [0.3, 0.4) is 0 Å². The molecule has 0 radical (unpaired) electrons. The number of benzene rings is 1. The maximum Gasteiger partial charge on any atom is 0.164 e. The second-order valence-electron chi connectivity index (χ2n) is 3.85. The van der Waals surface area contributed by atoms with Gasteiger partial charge in [0, 0.05) is 6.07 Å². The van der Waals surface area contributed by atoms with E-state index in [1.54, 1.807) is 25.6 Å². The number of nitrogens with zero attached hydrogens (tertiary/aromatic N) is 2. The first kappa shape index (κ1) is 12.3. The Morgan fingerprint density at radius 3 is 2.39 bits per heavy atom. The molecule has 94 valence electrons. The number of hydrogen-bond donors (Lipinski definition) is 1. The van der Waals surface area contributed by atoms with Crippen molar-refractivity contribution in [3.63, 3.8) is 0 Å². The molecule has 0 spiro atoms. The molecule has 0 saturated heterocycles. The lowest BCUT2D eigenvalue weighted by Gasteiger charge is -2.08. The Balaban J connectivity index is 2.13. The highest BCUT2D eigenvalue weighted by Crippen LogP contribution is 2.24. The van der Waals surface area contributed by atoms with Crippen LogP contribution in [-0.2, 0) is 0 Å². The smallest absolute Gasteiger partial charge is 0.164 e. The summed E-state index contributed by atoms with van der Waals surface area (Å²) < 4.78 is 10.7. The van der Waals surface area contributed by atoms with Gasteiger partial charge in [0.2, 0.25) is 0 Å². The summed E-state index contributed by atoms with van der Waals surface area (Å²) in [6, 6.07) is 7.14. The van der Waals surface area contributed by atoms with E-state index in [2.05, 4.69) is 9.97 Å². The highest BCUT2D eigenvalue weighted by Gasteiger charge is 2.04. The van der Waals surface area contributed by atoms with Crippen molar-refractivity contribution in [1.82, 2.24) is 9.97 Å². The zero-order chi connectivity index (χ0) is 13.0. The topological polar surface area (TPSA) is 70.3 Å². The standard InChI is InChI=1S/C13H15N3O2/c1-9(14)13-15-7-12(8-16-13)18-11-5-3-4-10(6-11)17-2/h3-9H,14H2,1-2H3. The van der Waals surface area contributed by atoms with Crippen molar-refractivity contribution >= 4 is 0 Å². The molecule has 18 heavy (non-hydrogen) atoms. The maximum atomic E-state index is 5.67. The monoisotopic (exact) mass is 245 g/mol. The fourth-order valence-electron chi connectivity index (χ4n) is 1.41. The summed E-state index contributed by atoms with van der Waals surface area (Å²) in [5, 5.41) is 0. The second-order valence-corrected chi connectivity index (χ2v) is 3.85. The Morgan fingerprint density at radius 1 is 1.11 bits per heavy atom. The van der Waals surface area contributed by atoms with Crippen LogP contribution in [0, 0.1) is 0 Å². The first-order valence-corrected chi connectivity index (χ1v) is 5.58. The zero-order valence-electron chi connectivity index (χ0n) is 10.3. The number of aromatic nitrogens is 2. The molecule has 2 rings (SSSR count). The number of ether oxygens (including phenoxy) is 2. The van der Waals surface area contributed by atoms with Gasteiger partial charge in [-0.1, -0.05) is 6.07 Å². The van der Waals surface area contributed by atoms with Gasteiger partial charge in [-0.05, 0) is 19.1 Å². The van der Waals surface area contributed by atoms with E-state index in [9.17, 15) is 0 Å². The molecular weight excluding hydrogens is 230 g/mol. The first-order chi connectivity index (χ1) is 8.69. The van der Waals surface area contributed by atoms with Crippen molar-refractivity contribution in [2.45, 2.75) is 13.0 Å². The third-order valence-corrected chi connectivity index (χ3v) is 2.33. The number of hydrogen-bond acceptors (Lipinski definition) is 5. The van der Waals surface area contributed by atoms with Gasteiger partial charge in [0.15, 0.2) is 5.75 Å². The van der Waals surface area contributed by atoms with Crippen LogP contribution < -0.4 is 15.2 Å². The van der Waals surface area contributed by atoms with Gasteiger partial charge in [0.05, 0.1) is 25.5 Å². The molecule has 1 heterocycles. The normalized spacial score (nSPS) is 11.9. The Labute approximate surface area is 106 Å². The molecule has 0 aliphatic carbocycles. The minimum Gasteiger partial charge on any atom is -0.497 e. The predicted octanol–water partition coefficient (Wildman–Crippen LogP) is 2.30. The molecule has 0 bridgehead atoms. The molecule has 0 aliphatic rings. The first-order valence-electron chi connectivity index (χ1n) is 5.58. The van der Waals surface area contributed by atoms with Crippen molar-refractivity contribution in [1.29, 1.82) is 0 Å². The molecule has 1 unspecified atom stereocenters. The third kappa shape index (κ3) is 2.95. The van der Waals surface area contributed by atoms with Gasteiger partial charge in [0.25, 0.3) is 0 Å². The van der Waals surface area contributed by atoms with Crippen LogP contribution in [0.5, 0.6) is 17.2 Å². The van der Waals surface area contributed by atoms with E-state index < -0.39 is 0 Å². The number of nitrogens with two attached hydrogens (primary N) is 1. The lowest BCUT2D eigenvalue weighted by molar-refractivity contribution is 0.408. The highest BCUT2D eigenvalue weighted by molar-refractivity contribution is 5.35. The van der Waals surface area contributed by atoms with Crippen LogP contribution >= 0.6 is 0 Å². The average Bonchev–Trinajstić information content (AvgIpc) is 2.39. The molecule has 0 fully saturated rings. The number of methoxy groups -OCH3 is 1. The molecule has 0 saturated carbocycles. The Bertz CT molecular complexity index is 512. The van der Waals surface area contributed by atoms with E-state index in [0.717, 1.165) is 5.75 Å². The van der Waals surface area contributed by atoms with Gasteiger partial charge in [-0.15, -0.1) is 0 Å². The summed E-state index contributed by atoms with van der Waals surface area (Å²) in [5.74, 6) is 2.56. The Hall–Kier alpha value is -2.14. The minimum absolute atomic E-state index is 0.184. The van der Waals surface area contributed by atoms with Crippen LogP contribution in [0.25, 0.3) is 0 Å². The average molecular weight is 245 g/mol. The van der Waals surface area contributed by atoms with Gasteiger partial charge >= 0.3 is 0 Å². The molecular formula is C13H15N3O2. The van der Waals surface area contributed by atoms with Crippen LogP contribution in [0.4, 0.5) is 0 Å². The quantitative estimate of drug-likeness (QED) is 0.894. The van der Waals surface area contributed by atoms with E-state index in [1.807, 2.05) is 25.1 Å². The molecule has 0 aliphatic heterocycles. The molecule has 5 heteroatoms. The van der Waals surface area contributed by atoms with Crippen LogP contribution in [0.2, 0.25) is 0 Å². The summed E-state index contributed by atoms with van der Waals surface area (Å²) >= 11 is 0. The van der Waals surface area contributed by atoms with Crippen LogP contribution in [0.1, 0.15) is 18.8 Å². The van der Waals surface area contributed by atoms with Crippen molar-refractivity contribution in [3.8, 4) is 17.2 Å². The van der Waals surface area contributed by atoms with Gasteiger partial charge in [-0.3, -0.25) is 0 Å². The molecule has 1 aromatic heterocycles. The van der Waals surface area contributed by atoms with Crippen molar-refractivity contribution < 1.29 is 9.47 Å². The predicted molar refractivity (Wildman–Crippen MR) is 67.7 cm³/mol. The number of rotatable bonds is 4. The maximum absolute atomic E-state index is 5.67. The lowest BCUT2D eigenvalue weighted by atomic mass is 10.3. The van der Waals surface area contributed by atoms with E-state index in [4.69, 9.17) is 15.2 Å². The summed E-state index contributed by atoms with van der Waals surface area (Å²) in [6.45, 7) is 1.83. The third-order valence-electron chi connectivity index (χ3n) is 2.33. The van der Waals surface area contributed by atoms with E-state index >= 15 is 0 Å². The zero-order valence-corrected chi connectivity index (χ0v) is 10.3. The van der Waals surface area contributed by atoms with E-state index in [-0.39, 0.29) is 6.04 Å². The van der Waals surface area contributed by atoms with E-state index in [1.165, 1.54) is 0 Å². The van der Waals surface area contributed by atoms with Crippen molar-refractivity contribution in [2.75, 3.05) is 7.11 Å². The van der Waals surface area contributed by atoms with Gasteiger partial charge in [-0.2, -0.15) is 0 Å². The summed E-state index contributed by atoms with van der Waals surface area (Å²) in [6.07, 6.45) is 3.20. The van der Waals surface area contributed by atoms with Crippen LogP contribution in [0.15, 0.2) is 36.7 Å².